The van der Waals surface area contributed by atoms with Gasteiger partial charge in [-0.15, -0.1) is 0 Å². The monoisotopic (exact) mass is 353 g/mol. The fraction of sp³-hybridized carbons (Fsp3) is 0.476. The van der Waals surface area contributed by atoms with Gasteiger partial charge in [-0.05, 0) is 44.2 Å². The Morgan fingerprint density at radius 2 is 2.12 bits per heavy atom. The standard InChI is InChI=1S/C21H27N3O2/c1-15(21(26)23-11-13-24-12-10-22-16(24)2)18-8-6-17(7-9-18)14-19-4-3-5-20(19)25/h6-10,12,15,19H,3-5,11,13-14H2,1-2H3,(H,23,26)/t15-,19+/m0/s1. The fourth-order valence-corrected chi connectivity index (χ4v) is 3.57. The summed E-state index contributed by atoms with van der Waals surface area (Å²) in [6, 6.07) is 8.14. The Labute approximate surface area is 154 Å². The third-order valence-corrected chi connectivity index (χ3v) is 5.36. The number of carbonyl (C=O) groups is 2. The molecular formula is C21H27N3O2. The van der Waals surface area contributed by atoms with E-state index in [4.69, 9.17) is 0 Å². The zero-order valence-corrected chi connectivity index (χ0v) is 15.6. The molecule has 26 heavy (non-hydrogen) atoms. The van der Waals surface area contributed by atoms with E-state index >= 15 is 0 Å². The molecule has 1 amide bonds. The minimum atomic E-state index is -0.193. The van der Waals surface area contributed by atoms with Gasteiger partial charge in [0, 0.05) is 37.8 Å². The lowest BCUT2D eigenvalue weighted by atomic mass is 9.94. The van der Waals surface area contributed by atoms with E-state index in [1.54, 1.807) is 6.20 Å². The predicted octanol–water partition coefficient (Wildman–Crippen LogP) is 3.02. The van der Waals surface area contributed by atoms with Crippen molar-refractivity contribution in [1.29, 1.82) is 0 Å². The van der Waals surface area contributed by atoms with Crippen LogP contribution in [0.25, 0.3) is 0 Å². The Kier molecular flexibility index (Phi) is 5.86. The number of hydrogen-bond acceptors (Lipinski definition) is 3. The van der Waals surface area contributed by atoms with Crippen molar-refractivity contribution in [3.05, 3.63) is 53.6 Å². The summed E-state index contributed by atoms with van der Waals surface area (Å²) in [7, 11) is 0. The van der Waals surface area contributed by atoms with Crippen LogP contribution in [0.3, 0.4) is 0 Å². The van der Waals surface area contributed by atoms with Crippen LogP contribution >= 0.6 is 0 Å². The molecule has 2 atom stereocenters. The Hall–Kier alpha value is -2.43. The van der Waals surface area contributed by atoms with Crippen molar-refractivity contribution < 1.29 is 9.59 Å². The van der Waals surface area contributed by atoms with Gasteiger partial charge in [0.1, 0.15) is 11.6 Å². The highest BCUT2D eigenvalue weighted by Gasteiger charge is 2.24. The van der Waals surface area contributed by atoms with Gasteiger partial charge in [-0.1, -0.05) is 24.3 Å². The topological polar surface area (TPSA) is 64.0 Å². The van der Waals surface area contributed by atoms with Gasteiger partial charge in [0.15, 0.2) is 0 Å². The molecule has 1 heterocycles. The van der Waals surface area contributed by atoms with Gasteiger partial charge >= 0.3 is 0 Å². The molecule has 0 spiro atoms. The highest BCUT2D eigenvalue weighted by Crippen LogP contribution is 2.25. The molecule has 1 aliphatic rings. The Morgan fingerprint density at radius 1 is 1.35 bits per heavy atom. The van der Waals surface area contributed by atoms with Gasteiger partial charge < -0.3 is 9.88 Å². The maximum atomic E-state index is 12.4. The maximum Gasteiger partial charge on any atom is 0.227 e. The molecule has 0 aliphatic heterocycles. The first-order chi connectivity index (χ1) is 12.5. The lowest BCUT2D eigenvalue weighted by Crippen LogP contribution is -2.31. The Morgan fingerprint density at radius 3 is 2.73 bits per heavy atom. The zero-order chi connectivity index (χ0) is 18.5. The number of imidazole rings is 1. The van der Waals surface area contributed by atoms with Crippen LogP contribution < -0.4 is 5.32 Å². The van der Waals surface area contributed by atoms with Crippen LogP contribution in [-0.2, 0) is 22.6 Å². The molecule has 1 saturated carbocycles. The maximum absolute atomic E-state index is 12.4. The van der Waals surface area contributed by atoms with E-state index in [1.807, 2.05) is 36.7 Å². The largest absolute Gasteiger partial charge is 0.354 e. The number of rotatable bonds is 7. The third-order valence-electron chi connectivity index (χ3n) is 5.36. The smallest absolute Gasteiger partial charge is 0.227 e. The lowest BCUT2D eigenvalue weighted by Gasteiger charge is -2.14. The minimum Gasteiger partial charge on any atom is -0.354 e. The van der Waals surface area contributed by atoms with Crippen LogP contribution in [-0.4, -0.2) is 27.8 Å². The second-order valence-electron chi connectivity index (χ2n) is 7.18. The van der Waals surface area contributed by atoms with Crippen molar-refractivity contribution in [2.24, 2.45) is 5.92 Å². The first-order valence-corrected chi connectivity index (χ1v) is 9.41. The average molecular weight is 353 g/mol. The van der Waals surface area contributed by atoms with Crippen molar-refractivity contribution in [2.75, 3.05) is 6.54 Å². The number of ketones is 1. The van der Waals surface area contributed by atoms with Gasteiger partial charge in [-0.25, -0.2) is 4.98 Å². The van der Waals surface area contributed by atoms with E-state index in [0.29, 0.717) is 12.3 Å². The number of carbonyl (C=O) groups excluding carboxylic acids is 2. The number of amides is 1. The number of nitrogens with zero attached hydrogens (tertiary/aromatic N) is 2. The molecule has 0 unspecified atom stereocenters. The normalized spacial score (nSPS) is 18.1. The van der Waals surface area contributed by atoms with E-state index in [9.17, 15) is 9.59 Å². The molecule has 0 bridgehead atoms. The van der Waals surface area contributed by atoms with Crippen molar-refractivity contribution in [3.8, 4) is 0 Å². The fourth-order valence-electron chi connectivity index (χ4n) is 3.57. The zero-order valence-electron chi connectivity index (χ0n) is 15.6. The van der Waals surface area contributed by atoms with E-state index in [0.717, 1.165) is 43.6 Å². The molecule has 1 fully saturated rings. The van der Waals surface area contributed by atoms with Gasteiger partial charge in [-0.3, -0.25) is 9.59 Å². The molecule has 0 radical (unpaired) electrons. The minimum absolute atomic E-state index is 0.0292. The first kappa shape index (κ1) is 18.4. The Balaban J connectivity index is 1.50. The number of nitrogens with one attached hydrogen (secondary N) is 1. The second-order valence-corrected chi connectivity index (χ2v) is 7.18. The number of hydrogen-bond donors (Lipinski definition) is 1. The van der Waals surface area contributed by atoms with Crippen LogP contribution in [0.2, 0.25) is 0 Å². The van der Waals surface area contributed by atoms with E-state index < -0.39 is 0 Å². The summed E-state index contributed by atoms with van der Waals surface area (Å²) in [5, 5.41) is 2.99. The Bertz CT molecular complexity index is 764. The van der Waals surface area contributed by atoms with Crippen LogP contribution in [0.15, 0.2) is 36.7 Å². The van der Waals surface area contributed by atoms with Crippen LogP contribution in [0.4, 0.5) is 0 Å². The van der Waals surface area contributed by atoms with Crippen LogP contribution in [0.5, 0.6) is 0 Å². The van der Waals surface area contributed by atoms with Crippen molar-refractivity contribution in [1.82, 2.24) is 14.9 Å². The lowest BCUT2D eigenvalue weighted by molar-refractivity contribution is -0.122. The molecule has 1 aliphatic carbocycles. The molecule has 3 rings (SSSR count). The molecular weight excluding hydrogens is 326 g/mol. The summed E-state index contributed by atoms with van der Waals surface area (Å²) in [6.45, 7) is 5.18. The SMILES string of the molecule is Cc1nccn1CCNC(=O)[C@@H](C)c1ccc(C[C@H]2CCCC2=O)cc1. The molecule has 5 nitrogen and oxygen atoms in total. The van der Waals surface area contributed by atoms with E-state index in [1.165, 1.54) is 5.56 Å². The first-order valence-electron chi connectivity index (χ1n) is 9.41. The molecule has 1 aromatic heterocycles. The van der Waals surface area contributed by atoms with Crippen LogP contribution in [0.1, 0.15) is 49.1 Å². The highest BCUT2D eigenvalue weighted by atomic mass is 16.1. The average Bonchev–Trinajstić information content (AvgIpc) is 3.23. The number of benzene rings is 1. The molecule has 1 aromatic carbocycles. The molecule has 0 saturated heterocycles. The quantitative estimate of drug-likeness (QED) is 0.832. The summed E-state index contributed by atoms with van der Waals surface area (Å²) < 4.78 is 2.02. The van der Waals surface area contributed by atoms with Crippen molar-refractivity contribution >= 4 is 11.7 Å². The number of aromatic nitrogens is 2. The van der Waals surface area contributed by atoms with Gasteiger partial charge in [-0.2, -0.15) is 0 Å². The van der Waals surface area contributed by atoms with Crippen LogP contribution in [0, 0.1) is 12.8 Å². The van der Waals surface area contributed by atoms with Gasteiger partial charge in [0.25, 0.3) is 0 Å². The third kappa shape index (κ3) is 4.40. The highest BCUT2D eigenvalue weighted by molar-refractivity contribution is 5.83. The summed E-state index contributed by atoms with van der Waals surface area (Å²) in [4.78, 5) is 28.3. The summed E-state index contributed by atoms with van der Waals surface area (Å²) in [5.74, 6) is 1.37. The second kappa shape index (κ2) is 8.30. The summed E-state index contributed by atoms with van der Waals surface area (Å²) >= 11 is 0. The van der Waals surface area contributed by atoms with Gasteiger partial charge in [0.2, 0.25) is 5.91 Å². The predicted molar refractivity (Wildman–Crippen MR) is 101 cm³/mol. The van der Waals surface area contributed by atoms with Crippen molar-refractivity contribution in [3.63, 3.8) is 0 Å². The number of Topliss-reactive ketones (excluding diaryl/α,β-unsaturated/α-hetero) is 1. The molecule has 5 heteroatoms. The molecule has 2 aromatic rings. The van der Waals surface area contributed by atoms with Gasteiger partial charge in [0.05, 0.1) is 5.92 Å². The number of aryl methyl sites for hydroxylation is 1. The summed E-state index contributed by atoms with van der Waals surface area (Å²) in [5.41, 5.74) is 2.18. The molecule has 1 N–H and O–H groups in total. The molecule has 138 valence electrons. The van der Waals surface area contributed by atoms with E-state index in [2.05, 4.69) is 22.4 Å². The van der Waals surface area contributed by atoms with E-state index in [-0.39, 0.29) is 17.7 Å². The summed E-state index contributed by atoms with van der Waals surface area (Å²) in [6.07, 6.45) is 7.27. The van der Waals surface area contributed by atoms with Crippen molar-refractivity contribution in [2.45, 2.75) is 52.0 Å².